The van der Waals surface area contributed by atoms with Gasteiger partial charge < -0.3 is 10.5 Å². The average Bonchev–Trinajstić information content (AvgIpc) is 2.30. The normalized spacial score (nSPS) is 9.29. The highest BCUT2D eigenvalue weighted by atomic mass is 32.2. The number of hydrogen-bond acceptors (Lipinski definition) is 6. The van der Waals surface area contributed by atoms with Crippen molar-refractivity contribution in [2.75, 3.05) is 18.6 Å². The van der Waals surface area contributed by atoms with E-state index in [0.29, 0.717) is 17.9 Å². The molecule has 0 unspecified atom stereocenters. The maximum Gasteiger partial charge on any atom is 0.258 e. The second kappa shape index (κ2) is 6.76. The fourth-order valence-corrected chi connectivity index (χ4v) is 1.48. The maximum atomic E-state index is 10.7. The van der Waals surface area contributed by atoms with E-state index in [1.807, 2.05) is 0 Å². The van der Waals surface area contributed by atoms with Gasteiger partial charge in [-0.2, -0.15) is 4.98 Å². The lowest BCUT2D eigenvalue weighted by molar-refractivity contribution is -0.109. The predicted molar refractivity (Wildman–Crippen MR) is 67.6 cm³/mol. The molecule has 1 heterocycles. The van der Waals surface area contributed by atoms with E-state index in [9.17, 15) is 4.79 Å². The number of aromatic nitrogens is 2. The topological polar surface area (TPSA) is 78.1 Å². The van der Waals surface area contributed by atoms with Crippen molar-refractivity contribution in [1.29, 1.82) is 0 Å². The van der Waals surface area contributed by atoms with E-state index in [1.54, 1.807) is 0 Å². The van der Waals surface area contributed by atoms with Gasteiger partial charge in [-0.1, -0.05) is 17.7 Å². The van der Waals surface area contributed by atoms with Gasteiger partial charge in [0.15, 0.2) is 10.9 Å². The van der Waals surface area contributed by atoms with Gasteiger partial charge >= 0.3 is 0 Å². The van der Waals surface area contributed by atoms with Gasteiger partial charge in [0.1, 0.15) is 5.69 Å². The molecule has 90 valence electrons. The van der Waals surface area contributed by atoms with Crippen LogP contribution in [0.5, 0.6) is 5.88 Å². The molecule has 0 amide bonds. The van der Waals surface area contributed by atoms with Crippen LogP contribution in [-0.2, 0) is 4.79 Å². The maximum absolute atomic E-state index is 10.7. The molecule has 0 atom stereocenters. The molecule has 0 spiro atoms. The number of nitrogens with two attached hydrogens (primary N) is 1. The minimum absolute atomic E-state index is 0.0979. The standard InChI is InChI=1S/C11H13N3O2S/c1-8(15)17-6-4-3-5-9-7-13-10(12)11(14-9)16-2/h7H,4,6H2,1-2H3,(H2,12,13). The molecule has 1 rings (SSSR count). The molecule has 0 aromatic carbocycles. The van der Waals surface area contributed by atoms with E-state index >= 15 is 0 Å². The van der Waals surface area contributed by atoms with Crippen LogP contribution in [0.4, 0.5) is 5.82 Å². The first-order chi connectivity index (χ1) is 8.13. The van der Waals surface area contributed by atoms with Gasteiger partial charge in [-0.15, -0.1) is 0 Å². The van der Waals surface area contributed by atoms with Gasteiger partial charge in [-0.25, -0.2) is 4.98 Å². The van der Waals surface area contributed by atoms with Crippen LogP contribution in [0, 0.1) is 11.8 Å². The predicted octanol–water partition coefficient (Wildman–Crippen LogP) is 1.09. The van der Waals surface area contributed by atoms with Gasteiger partial charge in [0, 0.05) is 19.1 Å². The number of nitrogen functional groups attached to an aromatic ring is 1. The molecule has 0 saturated heterocycles. The molecule has 0 aliphatic rings. The summed E-state index contributed by atoms with van der Waals surface area (Å²) in [5.41, 5.74) is 6.03. The zero-order valence-corrected chi connectivity index (χ0v) is 10.5. The summed E-state index contributed by atoms with van der Waals surface area (Å²) >= 11 is 1.25. The third-order valence-electron chi connectivity index (χ3n) is 1.71. The van der Waals surface area contributed by atoms with Crippen molar-refractivity contribution in [2.24, 2.45) is 0 Å². The molecule has 6 heteroatoms. The SMILES string of the molecule is COc1nc(C#CCCSC(C)=O)cnc1N. The Morgan fingerprint density at radius 2 is 2.41 bits per heavy atom. The largest absolute Gasteiger partial charge is 0.478 e. The number of nitrogens with zero attached hydrogens (tertiary/aromatic N) is 2. The van der Waals surface area contributed by atoms with Gasteiger partial charge in [0.25, 0.3) is 5.88 Å². The number of ether oxygens (including phenoxy) is 1. The molecule has 1 aromatic rings. The van der Waals surface area contributed by atoms with Crippen LogP contribution in [0.2, 0.25) is 0 Å². The van der Waals surface area contributed by atoms with E-state index in [0.717, 1.165) is 0 Å². The zero-order valence-electron chi connectivity index (χ0n) is 9.69. The second-order valence-electron chi connectivity index (χ2n) is 3.04. The Balaban J connectivity index is 2.57. The highest BCUT2D eigenvalue weighted by Gasteiger charge is 2.01. The van der Waals surface area contributed by atoms with Crippen LogP contribution in [0.3, 0.4) is 0 Å². The van der Waals surface area contributed by atoms with E-state index in [4.69, 9.17) is 10.5 Å². The summed E-state index contributed by atoms with van der Waals surface area (Å²) in [4.78, 5) is 18.6. The number of hydrogen-bond donors (Lipinski definition) is 1. The number of carbonyl (C=O) groups excluding carboxylic acids is 1. The number of carbonyl (C=O) groups is 1. The fourth-order valence-electron chi connectivity index (χ4n) is 0.991. The van der Waals surface area contributed by atoms with Crippen LogP contribution >= 0.6 is 11.8 Å². The van der Waals surface area contributed by atoms with Crippen LogP contribution in [-0.4, -0.2) is 27.9 Å². The van der Waals surface area contributed by atoms with Crippen LogP contribution < -0.4 is 10.5 Å². The number of methoxy groups -OCH3 is 1. The molecule has 0 aliphatic heterocycles. The molecule has 0 bridgehead atoms. The summed E-state index contributed by atoms with van der Waals surface area (Å²) in [6.07, 6.45) is 2.11. The second-order valence-corrected chi connectivity index (χ2v) is 4.31. The Bertz CT molecular complexity index is 466. The fraction of sp³-hybridized carbons (Fsp3) is 0.364. The summed E-state index contributed by atoms with van der Waals surface area (Å²) in [6.45, 7) is 1.54. The first-order valence-corrected chi connectivity index (χ1v) is 5.90. The quantitative estimate of drug-likeness (QED) is 0.640. The Morgan fingerprint density at radius 3 is 3.06 bits per heavy atom. The van der Waals surface area contributed by atoms with Crippen molar-refractivity contribution in [3.8, 4) is 17.7 Å². The molecular weight excluding hydrogens is 238 g/mol. The molecule has 5 nitrogen and oxygen atoms in total. The van der Waals surface area contributed by atoms with Crippen molar-refractivity contribution in [3.05, 3.63) is 11.9 Å². The van der Waals surface area contributed by atoms with E-state index in [2.05, 4.69) is 21.8 Å². The highest BCUT2D eigenvalue weighted by Crippen LogP contribution is 2.13. The van der Waals surface area contributed by atoms with Crippen molar-refractivity contribution in [1.82, 2.24) is 9.97 Å². The first-order valence-electron chi connectivity index (χ1n) is 4.92. The summed E-state index contributed by atoms with van der Waals surface area (Å²) in [5, 5.41) is 0.0979. The van der Waals surface area contributed by atoms with Crippen LogP contribution in [0.25, 0.3) is 0 Å². The summed E-state index contributed by atoms with van der Waals surface area (Å²) in [7, 11) is 1.47. The Morgan fingerprint density at radius 1 is 1.65 bits per heavy atom. The van der Waals surface area contributed by atoms with E-state index in [1.165, 1.54) is 32.0 Å². The van der Waals surface area contributed by atoms with Gasteiger partial charge in [0.05, 0.1) is 13.3 Å². The Kier molecular flexibility index (Phi) is 5.30. The number of thioether (sulfide) groups is 1. The van der Waals surface area contributed by atoms with Gasteiger partial charge in [-0.3, -0.25) is 4.79 Å². The van der Waals surface area contributed by atoms with Crippen molar-refractivity contribution in [3.63, 3.8) is 0 Å². The van der Waals surface area contributed by atoms with E-state index in [-0.39, 0.29) is 16.8 Å². The molecule has 17 heavy (non-hydrogen) atoms. The lowest BCUT2D eigenvalue weighted by atomic mass is 10.4. The van der Waals surface area contributed by atoms with Gasteiger partial charge in [0.2, 0.25) is 0 Å². The summed E-state index contributed by atoms with van der Waals surface area (Å²) < 4.78 is 4.93. The molecule has 0 saturated carbocycles. The first kappa shape index (κ1) is 13.3. The molecule has 0 aliphatic carbocycles. The third kappa shape index (κ3) is 4.74. The molecule has 0 radical (unpaired) electrons. The number of rotatable bonds is 3. The minimum atomic E-state index is 0.0979. The number of anilines is 1. The molecule has 2 N–H and O–H groups in total. The zero-order chi connectivity index (χ0) is 12.7. The van der Waals surface area contributed by atoms with Crippen LogP contribution in [0.1, 0.15) is 19.0 Å². The summed E-state index contributed by atoms with van der Waals surface area (Å²) in [5.74, 6) is 6.94. The van der Waals surface area contributed by atoms with Crippen molar-refractivity contribution < 1.29 is 9.53 Å². The molecule has 0 fully saturated rings. The third-order valence-corrected chi connectivity index (χ3v) is 2.52. The average molecular weight is 251 g/mol. The smallest absolute Gasteiger partial charge is 0.258 e. The lowest BCUT2D eigenvalue weighted by Crippen LogP contribution is -1.99. The summed E-state index contributed by atoms with van der Waals surface area (Å²) in [6, 6.07) is 0. The monoisotopic (exact) mass is 251 g/mol. The van der Waals surface area contributed by atoms with Crippen molar-refractivity contribution in [2.45, 2.75) is 13.3 Å². The Labute approximate surface area is 104 Å². The van der Waals surface area contributed by atoms with Crippen molar-refractivity contribution >= 4 is 22.7 Å². The van der Waals surface area contributed by atoms with Crippen LogP contribution in [0.15, 0.2) is 6.20 Å². The van der Waals surface area contributed by atoms with Gasteiger partial charge in [-0.05, 0) is 5.92 Å². The Hall–Kier alpha value is -1.74. The van der Waals surface area contributed by atoms with E-state index < -0.39 is 0 Å². The highest BCUT2D eigenvalue weighted by molar-refractivity contribution is 8.13. The molecule has 1 aromatic heterocycles. The minimum Gasteiger partial charge on any atom is -0.478 e. The molecular formula is C11H13N3O2S. The lowest BCUT2D eigenvalue weighted by Gasteiger charge is -2.00.